The number of aliphatic carboxylic acids is 1. The molecule has 20 heavy (non-hydrogen) atoms. The number of hydrogen-bond acceptors (Lipinski definition) is 3. The molecule has 7 heteroatoms. The Balaban J connectivity index is 2.60. The highest BCUT2D eigenvalue weighted by atomic mass is 35.5. The Kier molecular flexibility index (Phi) is 4.38. The molecular formula is C13H9Cl3N2O2. The maximum atomic E-state index is 10.9. The Labute approximate surface area is 130 Å². The molecule has 0 bridgehead atoms. The molecule has 0 saturated heterocycles. The van der Waals surface area contributed by atoms with E-state index in [4.69, 9.17) is 45.6 Å². The molecule has 0 aliphatic rings. The van der Waals surface area contributed by atoms with Crippen molar-refractivity contribution in [2.24, 2.45) is 0 Å². The van der Waals surface area contributed by atoms with Gasteiger partial charge >= 0.3 is 5.97 Å². The quantitative estimate of drug-likeness (QED) is 0.836. The summed E-state index contributed by atoms with van der Waals surface area (Å²) in [5, 5.41) is 9.73. The average molecular weight is 332 g/mol. The number of carboxylic acid groups (broad SMARTS) is 1. The van der Waals surface area contributed by atoms with E-state index >= 15 is 0 Å². The molecule has 1 aromatic carbocycles. The van der Waals surface area contributed by atoms with Gasteiger partial charge in [0.1, 0.15) is 0 Å². The summed E-state index contributed by atoms with van der Waals surface area (Å²) in [6, 6.07) is 4.73. The number of nitrogens with two attached hydrogens (primary N) is 1. The molecule has 1 aromatic heterocycles. The van der Waals surface area contributed by atoms with Crippen molar-refractivity contribution in [1.82, 2.24) is 4.98 Å². The molecule has 2 rings (SSSR count). The Hall–Kier alpha value is -1.49. The van der Waals surface area contributed by atoms with Crippen LogP contribution >= 0.6 is 34.8 Å². The zero-order chi connectivity index (χ0) is 14.9. The van der Waals surface area contributed by atoms with Crippen molar-refractivity contribution in [2.45, 2.75) is 6.42 Å². The predicted octanol–water partition coefficient (Wildman–Crippen LogP) is 3.92. The van der Waals surface area contributed by atoms with Crippen LogP contribution in [0.2, 0.25) is 15.1 Å². The van der Waals surface area contributed by atoms with E-state index in [1.807, 2.05) is 0 Å². The van der Waals surface area contributed by atoms with Gasteiger partial charge in [0.25, 0.3) is 0 Å². The van der Waals surface area contributed by atoms with Gasteiger partial charge < -0.3 is 10.8 Å². The van der Waals surface area contributed by atoms with Crippen molar-refractivity contribution in [3.8, 4) is 11.3 Å². The monoisotopic (exact) mass is 330 g/mol. The second-order valence-electron chi connectivity index (χ2n) is 4.10. The van der Waals surface area contributed by atoms with Crippen LogP contribution in [0, 0.1) is 0 Å². The van der Waals surface area contributed by atoms with Crippen molar-refractivity contribution in [3.05, 3.63) is 45.0 Å². The van der Waals surface area contributed by atoms with Crippen LogP contribution in [0.15, 0.2) is 24.4 Å². The molecule has 104 valence electrons. The molecule has 1 heterocycles. The van der Waals surface area contributed by atoms with Gasteiger partial charge in [-0.1, -0.05) is 34.8 Å². The van der Waals surface area contributed by atoms with E-state index in [2.05, 4.69) is 4.98 Å². The summed E-state index contributed by atoms with van der Waals surface area (Å²) in [5.41, 5.74) is 7.54. The van der Waals surface area contributed by atoms with Crippen molar-refractivity contribution in [1.29, 1.82) is 0 Å². The SMILES string of the molecule is Nc1cnc(-c2cc(Cl)c(Cl)c(Cl)c2)c(CC(=O)O)c1. The van der Waals surface area contributed by atoms with Gasteiger partial charge in [-0.05, 0) is 23.8 Å². The Morgan fingerprint density at radius 1 is 1.20 bits per heavy atom. The van der Waals surface area contributed by atoms with Gasteiger partial charge in [0, 0.05) is 5.56 Å². The first-order valence-corrected chi connectivity index (χ1v) is 6.63. The molecule has 0 fully saturated rings. The van der Waals surface area contributed by atoms with Crippen LogP contribution in [-0.4, -0.2) is 16.1 Å². The van der Waals surface area contributed by atoms with E-state index in [1.54, 1.807) is 18.2 Å². The van der Waals surface area contributed by atoms with E-state index in [0.29, 0.717) is 22.5 Å². The number of nitrogen functional groups attached to an aromatic ring is 1. The number of carbonyl (C=O) groups is 1. The summed E-state index contributed by atoms with van der Waals surface area (Å²) in [6.45, 7) is 0. The van der Waals surface area contributed by atoms with Gasteiger partial charge in [-0.3, -0.25) is 9.78 Å². The topological polar surface area (TPSA) is 76.2 Å². The molecular weight excluding hydrogens is 323 g/mol. The second kappa shape index (κ2) is 5.87. The van der Waals surface area contributed by atoms with Crippen LogP contribution < -0.4 is 5.73 Å². The second-order valence-corrected chi connectivity index (χ2v) is 5.29. The summed E-state index contributed by atoms with van der Waals surface area (Å²) in [4.78, 5) is 15.1. The standard InChI is InChI=1S/C13H9Cl3N2O2/c14-9-2-7(3-10(15)12(9)16)13-6(4-11(19)20)1-8(17)5-18-13/h1-3,5H,4,17H2,(H,19,20). The first-order chi connectivity index (χ1) is 9.38. The first kappa shape index (κ1) is 14.9. The van der Waals surface area contributed by atoms with Crippen molar-refractivity contribution in [3.63, 3.8) is 0 Å². The van der Waals surface area contributed by atoms with E-state index in [9.17, 15) is 4.79 Å². The lowest BCUT2D eigenvalue weighted by Gasteiger charge is -2.10. The number of aromatic nitrogens is 1. The van der Waals surface area contributed by atoms with Crippen molar-refractivity contribution >= 4 is 46.5 Å². The molecule has 0 atom stereocenters. The van der Waals surface area contributed by atoms with Gasteiger partial charge in [0.15, 0.2) is 0 Å². The maximum Gasteiger partial charge on any atom is 0.307 e. The fourth-order valence-corrected chi connectivity index (χ4v) is 2.37. The predicted molar refractivity (Wildman–Crippen MR) is 80.5 cm³/mol. The molecule has 2 aromatic rings. The minimum absolute atomic E-state index is 0.203. The average Bonchev–Trinajstić information content (AvgIpc) is 2.35. The molecule has 0 amide bonds. The number of rotatable bonds is 3. The van der Waals surface area contributed by atoms with Crippen LogP contribution in [0.25, 0.3) is 11.3 Å². The molecule has 0 saturated carbocycles. The van der Waals surface area contributed by atoms with E-state index in [0.717, 1.165) is 0 Å². The number of anilines is 1. The Morgan fingerprint density at radius 2 is 1.80 bits per heavy atom. The normalized spacial score (nSPS) is 10.6. The summed E-state index contributed by atoms with van der Waals surface area (Å²) in [7, 11) is 0. The molecule has 0 aliphatic carbocycles. The van der Waals surface area contributed by atoms with Gasteiger partial charge in [-0.15, -0.1) is 0 Å². The maximum absolute atomic E-state index is 10.9. The van der Waals surface area contributed by atoms with Crippen LogP contribution in [0.4, 0.5) is 5.69 Å². The smallest absolute Gasteiger partial charge is 0.307 e. The highest BCUT2D eigenvalue weighted by Crippen LogP contribution is 2.35. The fraction of sp³-hybridized carbons (Fsp3) is 0.0769. The number of nitrogens with zero attached hydrogens (tertiary/aromatic N) is 1. The lowest BCUT2D eigenvalue weighted by Crippen LogP contribution is -2.04. The number of benzene rings is 1. The van der Waals surface area contributed by atoms with Crippen LogP contribution in [0.1, 0.15) is 5.56 Å². The van der Waals surface area contributed by atoms with E-state index in [-0.39, 0.29) is 21.5 Å². The first-order valence-electron chi connectivity index (χ1n) is 5.49. The number of carboxylic acids is 1. The molecule has 0 unspecified atom stereocenters. The van der Waals surface area contributed by atoms with Gasteiger partial charge in [0.05, 0.1) is 39.1 Å². The summed E-state index contributed by atoms with van der Waals surface area (Å²) in [5.74, 6) is -0.982. The van der Waals surface area contributed by atoms with Crippen molar-refractivity contribution < 1.29 is 9.90 Å². The van der Waals surface area contributed by atoms with E-state index < -0.39 is 5.97 Å². The summed E-state index contributed by atoms with van der Waals surface area (Å²) < 4.78 is 0. The highest BCUT2D eigenvalue weighted by Gasteiger charge is 2.14. The summed E-state index contributed by atoms with van der Waals surface area (Å²) >= 11 is 17.8. The fourth-order valence-electron chi connectivity index (χ4n) is 1.78. The van der Waals surface area contributed by atoms with Crippen LogP contribution in [0.5, 0.6) is 0 Å². The summed E-state index contributed by atoms with van der Waals surface area (Å²) in [6.07, 6.45) is 1.24. The van der Waals surface area contributed by atoms with Gasteiger partial charge in [-0.25, -0.2) is 0 Å². The third-order valence-corrected chi connectivity index (χ3v) is 3.78. The molecule has 0 aliphatic heterocycles. The number of pyridine rings is 1. The highest BCUT2D eigenvalue weighted by molar-refractivity contribution is 6.48. The third kappa shape index (κ3) is 3.15. The molecule has 0 spiro atoms. The van der Waals surface area contributed by atoms with Crippen LogP contribution in [0.3, 0.4) is 0 Å². The number of hydrogen-bond donors (Lipinski definition) is 2. The molecule has 3 N–H and O–H groups in total. The number of halogens is 3. The van der Waals surface area contributed by atoms with E-state index in [1.165, 1.54) is 6.20 Å². The minimum Gasteiger partial charge on any atom is -0.481 e. The molecule has 0 radical (unpaired) electrons. The van der Waals surface area contributed by atoms with Gasteiger partial charge in [-0.2, -0.15) is 0 Å². The zero-order valence-corrected chi connectivity index (χ0v) is 12.3. The lowest BCUT2D eigenvalue weighted by molar-refractivity contribution is -0.136. The zero-order valence-electron chi connectivity index (χ0n) is 10.0. The lowest BCUT2D eigenvalue weighted by atomic mass is 10.0. The third-order valence-electron chi connectivity index (χ3n) is 2.59. The Bertz CT molecular complexity index is 666. The Morgan fingerprint density at radius 3 is 2.35 bits per heavy atom. The van der Waals surface area contributed by atoms with Crippen LogP contribution in [-0.2, 0) is 11.2 Å². The minimum atomic E-state index is -0.982. The van der Waals surface area contributed by atoms with Gasteiger partial charge in [0.2, 0.25) is 0 Å². The van der Waals surface area contributed by atoms with Crippen molar-refractivity contribution in [2.75, 3.05) is 5.73 Å². The largest absolute Gasteiger partial charge is 0.481 e. The molecule has 4 nitrogen and oxygen atoms in total.